The Kier molecular flexibility index (Phi) is 3.62. The minimum absolute atomic E-state index is 0.634. The molecule has 1 aromatic carbocycles. The van der Waals surface area contributed by atoms with E-state index in [4.69, 9.17) is 16.3 Å². The fourth-order valence-electron chi connectivity index (χ4n) is 3.04. The van der Waals surface area contributed by atoms with Gasteiger partial charge in [0.1, 0.15) is 0 Å². The van der Waals surface area contributed by atoms with Crippen LogP contribution in [-0.2, 0) is 6.54 Å². The first-order chi connectivity index (χ1) is 11.6. The van der Waals surface area contributed by atoms with E-state index in [1.165, 1.54) is 11.1 Å². The van der Waals surface area contributed by atoms with Gasteiger partial charge in [0.25, 0.3) is 0 Å². The SMILES string of the molecule is COc1cc2c(C)cn(Cc3ccc4ncc(Cl)cc4c3)c2cn1. The molecule has 0 atom stereocenters. The summed E-state index contributed by atoms with van der Waals surface area (Å²) in [7, 11) is 1.63. The van der Waals surface area contributed by atoms with Gasteiger partial charge in [-0.2, -0.15) is 0 Å². The van der Waals surface area contributed by atoms with Crippen LogP contribution >= 0.6 is 11.6 Å². The number of halogens is 1. The van der Waals surface area contributed by atoms with E-state index in [1.807, 2.05) is 24.4 Å². The highest BCUT2D eigenvalue weighted by atomic mass is 35.5. The van der Waals surface area contributed by atoms with E-state index in [1.54, 1.807) is 13.3 Å². The molecule has 0 aliphatic heterocycles. The molecule has 0 N–H and O–H groups in total. The van der Waals surface area contributed by atoms with Gasteiger partial charge < -0.3 is 9.30 Å². The van der Waals surface area contributed by atoms with E-state index < -0.39 is 0 Å². The van der Waals surface area contributed by atoms with Crippen LogP contribution in [0, 0.1) is 6.92 Å². The summed E-state index contributed by atoms with van der Waals surface area (Å²) >= 11 is 6.05. The molecule has 0 spiro atoms. The number of hydrogen-bond acceptors (Lipinski definition) is 3. The number of pyridine rings is 2. The molecule has 0 bridgehead atoms. The van der Waals surface area contributed by atoms with Crippen molar-refractivity contribution in [2.75, 3.05) is 7.11 Å². The summed E-state index contributed by atoms with van der Waals surface area (Å²) in [6, 6.07) is 10.2. The van der Waals surface area contributed by atoms with Crippen LogP contribution in [0.5, 0.6) is 5.88 Å². The maximum absolute atomic E-state index is 6.05. The largest absolute Gasteiger partial charge is 0.481 e. The van der Waals surface area contributed by atoms with Gasteiger partial charge in [0, 0.05) is 35.8 Å². The number of aromatic nitrogens is 3. The number of ether oxygens (including phenoxy) is 1. The smallest absolute Gasteiger partial charge is 0.213 e. The highest BCUT2D eigenvalue weighted by Gasteiger charge is 2.09. The molecular weight excluding hydrogens is 322 g/mol. The molecule has 0 saturated heterocycles. The van der Waals surface area contributed by atoms with Gasteiger partial charge >= 0.3 is 0 Å². The van der Waals surface area contributed by atoms with Crippen molar-refractivity contribution in [3.63, 3.8) is 0 Å². The zero-order chi connectivity index (χ0) is 16.7. The lowest BCUT2D eigenvalue weighted by Gasteiger charge is -2.07. The van der Waals surface area contributed by atoms with E-state index in [0.29, 0.717) is 10.9 Å². The van der Waals surface area contributed by atoms with Gasteiger partial charge in [-0.1, -0.05) is 17.7 Å². The Hall–Kier alpha value is -2.59. The Labute approximate surface area is 144 Å². The quantitative estimate of drug-likeness (QED) is 0.548. The predicted molar refractivity (Wildman–Crippen MR) is 96.9 cm³/mol. The lowest BCUT2D eigenvalue weighted by molar-refractivity contribution is 0.398. The van der Waals surface area contributed by atoms with Crippen LogP contribution in [0.15, 0.2) is 48.9 Å². The molecule has 4 rings (SSSR count). The highest BCUT2D eigenvalue weighted by molar-refractivity contribution is 6.31. The molecule has 3 heterocycles. The van der Waals surface area contributed by atoms with Gasteiger partial charge in [-0.15, -0.1) is 0 Å². The molecule has 0 amide bonds. The first-order valence-corrected chi connectivity index (χ1v) is 8.05. The highest BCUT2D eigenvalue weighted by Crippen LogP contribution is 2.25. The maximum atomic E-state index is 6.05. The molecule has 24 heavy (non-hydrogen) atoms. The first-order valence-electron chi connectivity index (χ1n) is 7.68. The zero-order valence-corrected chi connectivity index (χ0v) is 14.2. The number of rotatable bonds is 3. The lowest BCUT2D eigenvalue weighted by atomic mass is 10.1. The lowest BCUT2D eigenvalue weighted by Crippen LogP contribution is -1.98. The Morgan fingerprint density at radius 2 is 2.00 bits per heavy atom. The van der Waals surface area contributed by atoms with Crippen LogP contribution in [0.1, 0.15) is 11.1 Å². The van der Waals surface area contributed by atoms with Crippen molar-refractivity contribution >= 4 is 33.4 Å². The molecule has 4 nitrogen and oxygen atoms in total. The third-order valence-electron chi connectivity index (χ3n) is 4.22. The summed E-state index contributed by atoms with van der Waals surface area (Å²) in [4.78, 5) is 8.67. The fraction of sp³-hybridized carbons (Fsp3) is 0.158. The third kappa shape index (κ3) is 2.59. The topological polar surface area (TPSA) is 39.9 Å². The Balaban J connectivity index is 1.76. The number of benzene rings is 1. The average molecular weight is 338 g/mol. The van der Waals surface area contributed by atoms with E-state index in [0.717, 1.165) is 28.4 Å². The third-order valence-corrected chi connectivity index (χ3v) is 4.42. The molecule has 0 saturated carbocycles. The van der Waals surface area contributed by atoms with Gasteiger partial charge in [-0.05, 0) is 36.2 Å². The van der Waals surface area contributed by atoms with Gasteiger partial charge in [0.15, 0.2) is 0 Å². The second-order valence-corrected chi connectivity index (χ2v) is 6.30. The van der Waals surface area contributed by atoms with E-state index >= 15 is 0 Å². The second kappa shape index (κ2) is 5.80. The summed E-state index contributed by atoms with van der Waals surface area (Å²) in [5, 5.41) is 2.86. The first kappa shape index (κ1) is 15.0. The van der Waals surface area contributed by atoms with Crippen molar-refractivity contribution in [2.24, 2.45) is 0 Å². The molecular formula is C19H16ClN3O. The number of methoxy groups -OCH3 is 1. The van der Waals surface area contributed by atoms with Crippen LogP contribution < -0.4 is 4.74 Å². The molecule has 3 aromatic heterocycles. The summed E-state index contributed by atoms with van der Waals surface area (Å²) in [5.41, 5.74) is 4.44. The molecule has 0 radical (unpaired) electrons. The van der Waals surface area contributed by atoms with Crippen molar-refractivity contribution in [3.8, 4) is 5.88 Å². The second-order valence-electron chi connectivity index (χ2n) is 5.86. The summed E-state index contributed by atoms with van der Waals surface area (Å²) in [6.07, 6.45) is 5.68. The van der Waals surface area contributed by atoms with Gasteiger partial charge in [0.05, 0.1) is 29.4 Å². The number of nitrogens with zero attached hydrogens (tertiary/aromatic N) is 3. The summed E-state index contributed by atoms with van der Waals surface area (Å²) in [6.45, 7) is 2.86. The van der Waals surface area contributed by atoms with Crippen LogP contribution in [0.4, 0.5) is 0 Å². The Morgan fingerprint density at radius 3 is 2.83 bits per heavy atom. The number of fused-ring (bicyclic) bond motifs is 2. The Morgan fingerprint density at radius 1 is 1.12 bits per heavy atom. The van der Waals surface area contributed by atoms with Gasteiger partial charge in [-0.25, -0.2) is 4.98 Å². The molecule has 5 heteroatoms. The monoisotopic (exact) mass is 337 g/mol. The molecule has 0 fully saturated rings. The fourth-order valence-corrected chi connectivity index (χ4v) is 3.20. The van der Waals surface area contributed by atoms with E-state index in [-0.39, 0.29) is 0 Å². The zero-order valence-electron chi connectivity index (χ0n) is 13.5. The van der Waals surface area contributed by atoms with E-state index in [9.17, 15) is 0 Å². The van der Waals surface area contributed by atoms with Crippen molar-refractivity contribution in [3.05, 3.63) is 65.1 Å². The molecule has 0 aliphatic carbocycles. The van der Waals surface area contributed by atoms with Crippen LogP contribution in [0.25, 0.3) is 21.8 Å². The van der Waals surface area contributed by atoms with Crippen LogP contribution in [0.2, 0.25) is 5.02 Å². The van der Waals surface area contributed by atoms with Gasteiger partial charge in [-0.3, -0.25) is 4.98 Å². The summed E-state index contributed by atoms with van der Waals surface area (Å²) in [5.74, 6) is 0.634. The van der Waals surface area contributed by atoms with Crippen molar-refractivity contribution < 1.29 is 4.74 Å². The van der Waals surface area contributed by atoms with Crippen molar-refractivity contribution in [2.45, 2.75) is 13.5 Å². The van der Waals surface area contributed by atoms with Crippen LogP contribution in [0.3, 0.4) is 0 Å². The average Bonchev–Trinajstić information content (AvgIpc) is 2.90. The van der Waals surface area contributed by atoms with Crippen molar-refractivity contribution in [1.29, 1.82) is 0 Å². The number of hydrogen-bond donors (Lipinski definition) is 0. The molecule has 0 unspecified atom stereocenters. The van der Waals surface area contributed by atoms with Crippen molar-refractivity contribution in [1.82, 2.24) is 14.5 Å². The molecule has 0 aliphatic rings. The van der Waals surface area contributed by atoms with Crippen LogP contribution in [-0.4, -0.2) is 21.6 Å². The number of aryl methyl sites for hydroxylation is 1. The Bertz CT molecular complexity index is 1060. The minimum Gasteiger partial charge on any atom is -0.481 e. The maximum Gasteiger partial charge on any atom is 0.213 e. The molecule has 120 valence electrons. The standard InChI is InChI=1S/C19H16ClN3O/c1-12-10-23(18-9-22-19(24-2)7-16(12)18)11-13-3-4-17-14(5-13)6-15(20)8-21-17/h3-10H,11H2,1-2H3. The van der Waals surface area contributed by atoms with Gasteiger partial charge in [0.2, 0.25) is 5.88 Å². The minimum atomic E-state index is 0.634. The molecule has 4 aromatic rings. The summed E-state index contributed by atoms with van der Waals surface area (Å²) < 4.78 is 7.43. The normalized spacial score (nSPS) is 11.3. The predicted octanol–water partition coefficient (Wildman–Crippen LogP) is 4.60. The van der Waals surface area contributed by atoms with E-state index in [2.05, 4.69) is 39.8 Å².